The predicted molar refractivity (Wildman–Crippen MR) is 232 cm³/mol. The Morgan fingerprint density at radius 3 is 1.09 bits per heavy atom. The third-order valence-corrected chi connectivity index (χ3v) is 11.4. The van der Waals surface area contributed by atoms with E-state index in [1.165, 1.54) is 199 Å². The molecule has 0 aliphatic heterocycles. The normalized spacial score (nSPS) is 13.5. The standard InChI is InChI=1S/C48H95NO4/c1-3-5-7-9-11-13-15-17-19-21-23-25-26-28-30-32-34-36-38-40-42-46(51)48(53)45(44-50)49-47(52)43-41-39-37-35-33-31-29-27-24-22-20-18-16-14-12-10-8-6-4-2/h34,36,45-46,48,50-51,53H,3-33,35,37-44H2,1-2H3,(H,49,52)/b36-34+. The van der Waals surface area contributed by atoms with Crippen molar-refractivity contribution in [2.45, 2.75) is 283 Å². The van der Waals surface area contributed by atoms with Crippen LogP contribution in [-0.2, 0) is 4.79 Å². The Morgan fingerprint density at radius 1 is 0.453 bits per heavy atom. The number of carbonyl (C=O) groups excluding carboxylic acids is 1. The van der Waals surface area contributed by atoms with Gasteiger partial charge < -0.3 is 20.6 Å². The summed E-state index contributed by atoms with van der Waals surface area (Å²) in [4.78, 5) is 12.4. The van der Waals surface area contributed by atoms with E-state index in [2.05, 4.69) is 31.3 Å². The highest BCUT2D eigenvalue weighted by atomic mass is 16.3. The lowest BCUT2D eigenvalue weighted by Crippen LogP contribution is -2.50. The first-order chi connectivity index (χ1) is 26.1. The van der Waals surface area contributed by atoms with Crippen LogP contribution in [0.25, 0.3) is 0 Å². The van der Waals surface area contributed by atoms with Gasteiger partial charge in [-0.2, -0.15) is 0 Å². The zero-order valence-corrected chi connectivity index (χ0v) is 35.9. The molecule has 53 heavy (non-hydrogen) atoms. The van der Waals surface area contributed by atoms with Crippen molar-refractivity contribution in [2.75, 3.05) is 6.61 Å². The summed E-state index contributed by atoms with van der Waals surface area (Å²) in [5, 5.41) is 33.6. The van der Waals surface area contributed by atoms with Gasteiger partial charge in [0.1, 0.15) is 6.10 Å². The molecule has 316 valence electrons. The highest BCUT2D eigenvalue weighted by Crippen LogP contribution is 2.17. The van der Waals surface area contributed by atoms with E-state index in [1.54, 1.807) is 0 Å². The first kappa shape index (κ1) is 52.1. The van der Waals surface area contributed by atoms with Gasteiger partial charge in [0, 0.05) is 6.42 Å². The average molecular weight is 750 g/mol. The van der Waals surface area contributed by atoms with E-state index in [1.807, 2.05) is 0 Å². The van der Waals surface area contributed by atoms with E-state index in [0.29, 0.717) is 12.8 Å². The van der Waals surface area contributed by atoms with E-state index in [-0.39, 0.29) is 12.5 Å². The summed E-state index contributed by atoms with van der Waals surface area (Å²) in [7, 11) is 0. The summed E-state index contributed by atoms with van der Waals surface area (Å²) >= 11 is 0. The number of amides is 1. The van der Waals surface area contributed by atoms with Crippen LogP contribution in [0.15, 0.2) is 12.2 Å². The van der Waals surface area contributed by atoms with Crippen molar-refractivity contribution in [1.29, 1.82) is 0 Å². The van der Waals surface area contributed by atoms with E-state index >= 15 is 0 Å². The molecule has 0 aromatic rings. The van der Waals surface area contributed by atoms with Crippen molar-refractivity contribution in [3.63, 3.8) is 0 Å². The van der Waals surface area contributed by atoms with Gasteiger partial charge in [-0.15, -0.1) is 0 Å². The summed E-state index contributed by atoms with van der Waals surface area (Å²) in [6.45, 7) is 4.19. The summed E-state index contributed by atoms with van der Waals surface area (Å²) in [5.41, 5.74) is 0. The maximum absolute atomic E-state index is 12.4. The van der Waals surface area contributed by atoms with Crippen LogP contribution in [0, 0.1) is 0 Å². The Bertz CT molecular complexity index is 743. The molecule has 5 nitrogen and oxygen atoms in total. The van der Waals surface area contributed by atoms with Crippen molar-refractivity contribution in [1.82, 2.24) is 5.32 Å². The molecule has 3 unspecified atom stereocenters. The SMILES string of the molecule is CCCCCCCCCCCCCCCCC/C=C/CCCC(O)C(O)C(CO)NC(=O)CCCCCCCCCCCCCCCCCCCCC. The monoisotopic (exact) mass is 750 g/mol. The molecule has 0 spiro atoms. The van der Waals surface area contributed by atoms with Gasteiger partial charge in [0.15, 0.2) is 0 Å². The fourth-order valence-electron chi connectivity index (χ4n) is 7.63. The second-order valence-corrected chi connectivity index (χ2v) is 16.7. The molecule has 5 heteroatoms. The third-order valence-electron chi connectivity index (χ3n) is 11.4. The summed E-state index contributed by atoms with van der Waals surface area (Å²) < 4.78 is 0. The number of allylic oxidation sites excluding steroid dienone is 2. The Balaban J connectivity index is 3.60. The molecule has 0 saturated carbocycles. The summed E-state index contributed by atoms with van der Waals surface area (Å²) in [6, 6.07) is -0.821. The Morgan fingerprint density at radius 2 is 0.755 bits per heavy atom. The van der Waals surface area contributed by atoms with Crippen LogP contribution in [0.2, 0.25) is 0 Å². The number of rotatable bonds is 44. The fraction of sp³-hybridized carbons (Fsp3) is 0.938. The van der Waals surface area contributed by atoms with Gasteiger partial charge in [-0.25, -0.2) is 0 Å². The lowest BCUT2D eigenvalue weighted by Gasteiger charge is -2.26. The Hall–Kier alpha value is -0.910. The number of unbranched alkanes of at least 4 members (excludes halogenated alkanes) is 34. The number of hydrogen-bond donors (Lipinski definition) is 4. The molecule has 4 N–H and O–H groups in total. The minimum atomic E-state index is -1.15. The van der Waals surface area contributed by atoms with Crippen LogP contribution in [0.3, 0.4) is 0 Å². The van der Waals surface area contributed by atoms with Crippen LogP contribution in [-0.4, -0.2) is 46.1 Å². The molecule has 0 aliphatic carbocycles. The molecule has 0 rings (SSSR count). The Labute approximate surface area is 331 Å². The molecule has 0 aromatic heterocycles. The van der Waals surface area contributed by atoms with Crippen LogP contribution >= 0.6 is 0 Å². The molecule has 0 aliphatic rings. The number of aliphatic hydroxyl groups is 3. The van der Waals surface area contributed by atoms with Gasteiger partial charge in [-0.05, 0) is 38.5 Å². The molecule has 0 saturated heterocycles. The largest absolute Gasteiger partial charge is 0.394 e. The van der Waals surface area contributed by atoms with E-state index < -0.39 is 18.2 Å². The predicted octanol–water partition coefficient (Wildman–Crippen LogP) is 14.0. The number of nitrogens with one attached hydrogen (secondary N) is 1. The second kappa shape index (κ2) is 43.8. The fourth-order valence-corrected chi connectivity index (χ4v) is 7.63. The molecule has 0 bridgehead atoms. The van der Waals surface area contributed by atoms with Crippen molar-refractivity contribution >= 4 is 5.91 Å². The van der Waals surface area contributed by atoms with Crippen LogP contribution in [0.4, 0.5) is 0 Å². The summed E-state index contributed by atoms with van der Waals surface area (Å²) in [5.74, 6) is -0.149. The van der Waals surface area contributed by atoms with Crippen molar-refractivity contribution in [3.05, 3.63) is 12.2 Å². The minimum Gasteiger partial charge on any atom is -0.394 e. The molecule has 0 aromatic carbocycles. The van der Waals surface area contributed by atoms with Crippen molar-refractivity contribution < 1.29 is 20.1 Å². The van der Waals surface area contributed by atoms with Gasteiger partial charge in [0.25, 0.3) is 0 Å². The molecule has 0 radical (unpaired) electrons. The second-order valence-electron chi connectivity index (χ2n) is 16.7. The number of hydrogen-bond acceptors (Lipinski definition) is 4. The molecule has 3 atom stereocenters. The molecule has 0 heterocycles. The zero-order valence-electron chi connectivity index (χ0n) is 35.9. The summed E-state index contributed by atoms with van der Waals surface area (Å²) in [6.07, 6.45) is 51.9. The molecular weight excluding hydrogens is 655 g/mol. The van der Waals surface area contributed by atoms with Crippen LogP contribution in [0.1, 0.15) is 264 Å². The van der Waals surface area contributed by atoms with Gasteiger partial charge in [0.2, 0.25) is 5.91 Å². The van der Waals surface area contributed by atoms with Gasteiger partial charge >= 0.3 is 0 Å². The lowest BCUT2D eigenvalue weighted by molar-refractivity contribution is -0.124. The Kier molecular flexibility index (Phi) is 43.1. The molecule has 1 amide bonds. The van der Waals surface area contributed by atoms with Gasteiger partial charge in [0.05, 0.1) is 18.8 Å². The van der Waals surface area contributed by atoms with Crippen molar-refractivity contribution in [2.24, 2.45) is 0 Å². The van der Waals surface area contributed by atoms with Crippen LogP contribution < -0.4 is 5.32 Å². The van der Waals surface area contributed by atoms with E-state index in [0.717, 1.165) is 38.5 Å². The number of aliphatic hydroxyl groups excluding tert-OH is 3. The molecule has 0 fully saturated rings. The third kappa shape index (κ3) is 39.1. The highest BCUT2D eigenvalue weighted by Gasteiger charge is 2.26. The quantitative estimate of drug-likeness (QED) is 0.0369. The molecular formula is C48H95NO4. The first-order valence-corrected chi connectivity index (χ1v) is 24.0. The van der Waals surface area contributed by atoms with E-state index in [4.69, 9.17) is 0 Å². The van der Waals surface area contributed by atoms with Gasteiger partial charge in [-0.3, -0.25) is 4.79 Å². The first-order valence-electron chi connectivity index (χ1n) is 24.0. The average Bonchev–Trinajstić information content (AvgIpc) is 3.16. The zero-order chi connectivity index (χ0) is 38.7. The maximum atomic E-state index is 12.4. The minimum absolute atomic E-state index is 0.149. The smallest absolute Gasteiger partial charge is 0.220 e. The number of carbonyl (C=O) groups is 1. The van der Waals surface area contributed by atoms with Crippen LogP contribution in [0.5, 0.6) is 0 Å². The van der Waals surface area contributed by atoms with Gasteiger partial charge in [-0.1, -0.05) is 231 Å². The maximum Gasteiger partial charge on any atom is 0.220 e. The topological polar surface area (TPSA) is 89.8 Å². The lowest BCUT2D eigenvalue weighted by atomic mass is 10.0. The van der Waals surface area contributed by atoms with Crippen molar-refractivity contribution in [3.8, 4) is 0 Å². The highest BCUT2D eigenvalue weighted by molar-refractivity contribution is 5.76. The van der Waals surface area contributed by atoms with E-state index in [9.17, 15) is 20.1 Å².